The first kappa shape index (κ1) is 16.1. The number of aliphatic hydroxyl groups excluding tert-OH is 2. The molecule has 0 fully saturated rings. The Labute approximate surface area is 148 Å². The lowest BCUT2D eigenvalue weighted by Gasteiger charge is -2.36. The maximum absolute atomic E-state index is 11.2. The molecule has 1 aliphatic rings. The molecule has 2 nitrogen and oxygen atoms in total. The Morgan fingerprint density at radius 2 is 0.920 bits per heavy atom. The topological polar surface area (TPSA) is 40.5 Å². The van der Waals surface area contributed by atoms with Crippen LogP contribution in [0.1, 0.15) is 34.5 Å². The molecule has 0 saturated heterocycles. The molecule has 2 N–H and O–H groups in total. The molecule has 0 spiro atoms. The van der Waals surface area contributed by atoms with Gasteiger partial charge in [0.15, 0.2) is 0 Å². The summed E-state index contributed by atoms with van der Waals surface area (Å²) in [7, 11) is 0. The minimum absolute atomic E-state index is 0.625. The molecule has 0 saturated carbocycles. The van der Waals surface area contributed by atoms with E-state index in [1.165, 1.54) is 0 Å². The summed E-state index contributed by atoms with van der Waals surface area (Å²) in [5.74, 6) is 0. The van der Waals surface area contributed by atoms with Crippen molar-refractivity contribution in [1.82, 2.24) is 0 Å². The Bertz CT molecular complexity index is 770. The molecule has 0 bridgehead atoms. The Balaban J connectivity index is 1.79. The molecular formula is C23H22O2. The highest BCUT2D eigenvalue weighted by molar-refractivity contribution is 5.41. The lowest BCUT2D eigenvalue weighted by Crippen LogP contribution is -2.35. The minimum Gasteiger partial charge on any atom is -0.388 e. The van der Waals surface area contributed by atoms with E-state index in [1.54, 1.807) is 0 Å². The van der Waals surface area contributed by atoms with Gasteiger partial charge < -0.3 is 10.2 Å². The molecule has 0 aliphatic heterocycles. The van der Waals surface area contributed by atoms with Crippen molar-refractivity contribution in [1.29, 1.82) is 0 Å². The SMILES string of the molecule is O[C@H]1c2ccccc2[C@H](O)C1(Cc1ccccc1)Cc1ccccc1. The number of hydrogen-bond donors (Lipinski definition) is 2. The molecule has 0 radical (unpaired) electrons. The molecule has 4 rings (SSSR count). The minimum atomic E-state index is -0.695. The summed E-state index contributed by atoms with van der Waals surface area (Å²) in [5, 5.41) is 22.4. The predicted molar refractivity (Wildman–Crippen MR) is 99.1 cm³/mol. The van der Waals surface area contributed by atoms with Crippen molar-refractivity contribution in [2.45, 2.75) is 25.0 Å². The van der Waals surface area contributed by atoms with Gasteiger partial charge in [-0.3, -0.25) is 0 Å². The van der Waals surface area contributed by atoms with Crippen molar-refractivity contribution in [3.05, 3.63) is 107 Å². The number of aliphatic hydroxyl groups is 2. The lowest BCUT2D eigenvalue weighted by atomic mass is 9.71. The zero-order valence-electron chi connectivity index (χ0n) is 14.0. The first-order valence-corrected chi connectivity index (χ1v) is 8.73. The molecule has 1 aliphatic carbocycles. The van der Waals surface area contributed by atoms with Gasteiger partial charge in [-0.25, -0.2) is 0 Å². The van der Waals surface area contributed by atoms with Gasteiger partial charge in [0.05, 0.1) is 12.2 Å². The number of fused-ring (bicyclic) bond motifs is 1. The van der Waals surface area contributed by atoms with E-state index in [2.05, 4.69) is 24.3 Å². The molecule has 126 valence electrons. The van der Waals surface area contributed by atoms with E-state index in [0.29, 0.717) is 12.8 Å². The van der Waals surface area contributed by atoms with Crippen molar-refractivity contribution >= 4 is 0 Å². The summed E-state index contributed by atoms with van der Waals surface area (Å²) in [6, 6.07) is 28.0. The smallest absolute Gasteiger partial charge is 0.0884 e. The summed E-state index contributed by atoms with van der Waals surface area (Å²) < 4.78 is 0. The van der Waals surface area contributed by atoms with E-state index < -0.39 is 17.6 Å². The second kappa shape index (κ2) is 6.47. The van der Waals surface area contributed by atoms with Gasteiger partial charge in [-0.15, -0.1) is 0 Å². The van der Waals surface area contributed by atoms with Crippen LogP contribution < -0.4 is 0 Å². The summed E-state index contributed by atoms with van der Waals surface area (Å²) in [4.78, 5) is 0. The Morgan fingerprint density at radius 3 is 1.32 bits per heavy atom. The van der Waals surface area contributed by atoms with Gasteiger partial charge in [-0.05, 0) is 35.1 Å². The van der Waals surface area contributed by atoms with Crippen molar-refractivity contribution in [3.8, 4) is 0 Å². The second-order valence-corrected chi connectivity index (χ2v) is 6.99. The van der Waals surface area contributed by atoms with E-state index in [9.17, 15) is 10.2 Å². The standard InChI is InChI=1S/C23H22O2/c24-21-19-13-7-8-14-20(19)22(25)23(21,15-17-9-3-1-4-10-17)16-18-11-5-2-6-12-18/h1-14,21-22,24-25H,15-16H2/t21-,22-/m0/s1. The van der Waals surface area contributed by atoms with Gasteiger partial charge in [-0.2, -0.15) is 0 Å². The zero-order chi connectivity index (χ0) is 17.3. The molecule has 0 aromatic heterocycles. The van der Waals surface area contributed by atoms with Gasteiger partial charge in [-0.1, -0.05) is 84.9 Å². The Kier molecular flexibility index (Phi) is 4.16. The zero-order valence-corrected chi connectivity index (χ0v) is 14.0. The lowest BCUT2D eigenvalue weighted by molar-refractivity contribution is -0.0536. The van der Waals surface area contributed by atoms with Crippen LogP contribution in [0.25, 0.3) is 0 Å². The first-order chi connectivity index (χ1) is 12.2. The van der Waals surface area contributed by atoms with Crippen LogP contribution in [0.15, 0.2) is 84.9 Å². The van der Waals surface area contributed by atoms with E-state index in [-0.39, 0.29) is 0 Å². The van der Waals surface area contributed by atoms with Crippen LogP contribution in [0.2, 0.25) is 0 Å². The largest absolute Gasteiger partial charge is 0.388 e. The fourth-order valence-electron chi connectivity index (χ4n) is 4.18. The van der Waals surface area contributed by atoms with Crippen molar-refractivity contribution < 1.29 is 10.2 Å². The predicted octanol–water partition coefficient (Wildman–Crippen LogP) is 4.24. The van der Waals surface area contributed by atoms with Crippen LogP contribution in [-0.4, -0.2) is 10.2 Å². The summed E-state index contributed by atoms with van der Waals surface area (Å²) in [5.41, 5.74) is 3.30. The van der Waals surface area contributed by atoms with Crippen LogP contribution in [-0.2, 0) is 12.8 Å². The molecule has 2 heteroatoms. The Morgan fingerprint density at radius 1 is 0.560 bits per heavy atom. The summed E-state index contributed by atoms with van der Waals surface area (Å²) in [6.45, 7) is 0. The number of rotatable bonds is 4. The molecule has 3 aromatic carbocycles. The third-order valence-corrected chi connectivity index (χ3v) is 5.43. The highest BCUT2D eigenvalue weighted by Crippen LogP contribution is 2.56. The monoisotopic (exact) mass is 330 g/mol. The maximum atomic E-state index is 11.2. The van der Waals surface area contributed by atoms with Crippen LogP contribution in [0, 0.1) is 5.41 Å². The van der Waals surface area contributed by atoms with Crippen molar-refractivity contribution in [2.75, 3.05) is 0 Å². The third kappa shape index (κ3) is 2.78. The molecular weight excluding hydrogens is 308 g/mol. The van der Waals surface area contributed by atoms with Crippen molar-refractivity contribution in [3.63, 3.8) is 0 Å². The molecule has 0 unspecified atom stereocenters. The van der Waals surface area contributed by atoms with Gasteiger partial charge in [0, 0.05) is 5.41 Å². The molecule has 25 heavy (non-hydrogen) atoms. The van der Waals surface area contributed by atoms with Crippen LogP contribution in [0.5, 0.6) is 0 Å². The second-order valence-electron chi connectivity index (χ2n) is 6.99. The van der Waals surface area contributed by atoms with E-state index >= 15 is 0 Å². The van der Waals surface area contributed by atoms with Gasteiger partial charge in [0.25, 0.3) is 0 Å². The van der Waals surface area contributed by atoms with Crippen LogP contribution in [0.3, 0.4) is 0 Å². The third-order valence-electron chi connectivity index (χ3n) is 5.43. The average molecular weight is 330 g/mol. The van der Waals surface area contributed by atoms with E-state index in [4.69, 9.17) is 0 Å². The number of hydrogen-bond acceptors (Lipinski definition) is 2. The highest BCUT2D eigenvalue weighted by atomic mass is 16.3. The fraction of sp³-hybridized carbons (Fsp3) is 0.217. The average Bonchev–Trinajstić information content (AvgIpc) is 2.86. The molecule has 0 amide bonds. The van der Waals surface area contributed by atoms with E-state index in [0.717, 1.165) is 22.3 Å². The first-order valence-electron chi connectivity index (χ1n) is 8.73. The summed E-state index contributed by atoms with van der Waals surface area (Å²) >= 11 is 0. The van der Waals surface area contributed by atoms with Gasteiger partial charge >= 0.3 is 0 Å². The normalized spacial score (nSPS) is 21.0. The fourth-order valence-corrected chi connectivity index (χ4v) is 4.18. The van der Waals surface area contributed by atoms with E-state index in [1.807, 2.05) is 60.7 Å². The van der Waals surface area contributed by atoms with Crippen molar-refractivity contribution in [2.24, 2.45) is 5.41 Å². The van der Waals surface area contributed by atoms with Crippen LogP contribution >= 0.6 is 0 Å². The highest BCUT2D eigenvalue weighted by Gasteiger charge is 2.52. The van der Waals surface area contributed by atoms with Gasteiger partial charge in [0.1, 0.15) is 0 Å². The van der Waals surface area contributed by atoms with Crippen LogP contribution in [0.4, 0.5) is 0 Å². The quantitative estimate of drug-likeness (QED) is 0.751. The molecule has 2 atom stereocenters. The molecule has 3 aromatic rings. The number of benzene rings is 3. The molecule has 0 heterocycles. The Hall–Kier alpha value is -2.42. The maximum Gasteiger partial charge on any atom is 0.0884 e. The van der Waals surface area contributed by atoms with Gasteiger partial charge in [0.2, 0.25) is 0 Å². The summed E-state index contributed by atoms with van der Waals surface area (Å²) in [6.07, 6.45) is -0.141.